The molecule has 0 aromatic heterocycles. The van der Waals surface area contributed by atoms with Crippen LogP contribution in [0.15, 0.2) is 18.2 Å². The van der Waals surface area contributed by atoms with Crippen LogP contribution in [0.2, 0.25) is 0 Å². The van der Waals surface area contributed by atoms with Crippen molar-refractivity contribution in [2.45, 2.75) is 57.8 Å². The fourth-order valence-electron chi connectivity index (χ4n) is 3.69. The second-order valence-corrected chi connectivity index (χ2v) is 6.60. The second-order valence-electron chi connectivity index (χ2n) is 6.60. The summed E-state index contributed by atoms with van der Waals surface area (Å²) >= 11 is 0. The lowest BCUT2D eigenvalue weighted by atomic mass is 9.82. The fourth-order valence-corrected chi connectivity index (χ4v) is 3.69. The molecule has 114 valence electrons. The van der Waals surface area contributed by atoms with E-state index in [9.17, 15) is 9.90 Å². The van der Waals surface area contributed by atoms with Crippen LogP contribution in [-0.2, 0) is 4.79 Å². The fraction of sp³-hybridized carbons (Fsp3) is 0.611. The zero-order valence-corrected chi connectivity index (χ0v) is 12.8. The molecule has 1 aromatic rings. The summed E-state index contributed by atoms with van der Waals surface area (Å²) in [5.74, 6) is 1.79. The molecular formula is C18H25NO2. The molecule has 3 nitrogen and oxygen atoms in total. The van der Waals surface area contributed by atoms with Crippen molar-refractivity contribution < 1.29 is 9.90 Å². The summed E-state index contributed by atoms with van der Waals surface area (Å²) in [4.78, 5) is 11.9. The Bertz CT molecular complexity index is 516. The van der Waals surface area contributed by atoms with Crippen molar-refractivity contribution in [2.24, 2.45) is 11.8 Å². The molecule has 2 saturated carbocycles. The number of anilines is 1. The minimum Gasteiger partial charge on any atom is -0.508 e. The summed E-state index contributed by atoms with van der Waals surface area (Å²) in [6, 6.07) is 5.53. The van der Waals surface area contributed by atoms with Gasteiger partial charge >= 0.3 is 0 Å². The average Bonchev–Trinajstić information content (AvgIpc) is 3.20. The van der Waals surface area contributed by atoms with Crippen molar-refractivity contribution in [1.82, 2.24) is 0 Å². The number of hydrogen-bond acceptors (Lipinski definition) is 2. The molecule has 21 heavy (non-hydrogen) atoms. The first-order chi connectivity index (χ1) is 10.2. The topological polar surface area (TPSA) is 49.3 Å². The highest BCUT2D eigenvalue weighted by atomic mass is 16.3. The molecule has 2 aliphatic rings. The third kappa shape index (κ3) is 3.22. The molecule has 0 spiro atoms. The Labute approximate surface area is 126 Å². The van der Waals surface area contributed by atoms with Crippen LogP contribution >= 0.6 is 0 Å². The maximum absolute atomic E-state index is 11.9. The van der Waals surface area contributed by atoms with Gasteiger partial charge in [0.2, 0.25) is 5.91 Å². The van der Waals surface area contributed by atoms with Gasteiger partial charge in [-0.25, -0.2) is 0 Å². The Morgan fingerprint density at radius 3 is 2.62 bits per heavy atom. The summed E-state index contributed by atoms with van der Waals surface area (Å²) < 4.78 is 0. The molecule has 1 amide bonds. The number of aromatic hydroxyl groups is 1. The van der Waals surface area contributed by atoms with Crippen LogP contribution in [0, 0.1) is 11.8 Å². The Hall–Kier alpha value is -1.51. The Morgan fingerprint density at radius 1 is 1.29 bits per heavy atom. The molecule has 3 heteroatoms. The van der Waals surface area contributed by atoms with Crippen LogP contribution in [0.3, 0.4) is 0 Å². The van der Waals surface area contributed by atoms with Gasteiger partial charge in [0.25, 0.3) is 0 Å². The number of nitrogens with one attached hydrogen (secondary N) is 1. The van der Waals surface area contributed by atoms with E-state index in [0.29, 0.717) is 17.6 Å². The van der Waals surface area contributed by atoms with Gasteiger partial charge in [0.15, 0.2) is 0 Å². The first-order valence-electron chi connectivity index (χ1n) is 8.32. The molecule has 0 saturated heterocycles. The van der Waals surface area contributed by atoms with Gasteiger partial charge in [-0.15, -0.1) is 0 Å². The van der Waals surface area contributed by atoms with Gasteiger partial charge in [-0.3, -0.25) is 4.79 Å². The summed E-state index contributed by atoms with van der Waals surface area (Å²) in [6.45, 7) is 2.19. The van der Waals surface area contributed by atoms with E-state index in [2.05, 4.69) is 12.2 Å². The summed E-state index contributed by atoms with van der Waals surface area (Å²) in [5, 5.41) is 13.2. The highest BCUT2D eigenvalue weighted by Crippen LogP contribution is 2.43. The van der Waals surface area contributed by atoms with Crippen molar-refractivity contribution in [3.63, 3.8) is 0 Å². The van der Waals surface area contributed by atoms with E-state index < -0.39 is 0 Å². The first kappa shape index (κ1) is 14.4. The third-order valence-electron chi connectivity index (χ3n) is 5.05. The second kappa shape index (κ2) is 6.08. The van der Waals surface area contributed by atoms with Crippen molar-refractivity contribution >= 4 is 11.6 Å². The molecule has 1 unspecified atom stereocenters. The van der Waals surface area contributed by atoms with Gasteiger partial charge in [-0.05, 0) is 67.7 Å². The van der Waals surface area contributed by atoms with E-state index in [4.69, 9.17) is 0 Å². The minimum absolute atomic E-state index is 0.126. The number of phenols is 1. The average molecular weight is 287 g/mol. The summed E-state index contributed by atoms with van der Waals surface area (Å²) in [6.07, 6.45) is 8.19. The molecule has 0 heterocycles. The maximum Gasteiger partial charge on any atom is 0.227 e. The zero-order chi connectivity index (χ0) is 14.8. The predicted molar refractivity (Wildman–Crippen MR) is 84.5 cm³/mol. The summed E-state index contributed by atoms with van der Waals surface area (Å²) in [5.41, 5.74) is 1.84. The van der Waals surface area contributed by atoms with Crippen LogP contribution in [0.1, 0.15) is 63.4 Å². The monoisotopic (exact) mass is 287 g/mol. The van der Waals surface area contributed by atoms with Crippen LogP contribution in [-0.4, -0.2) is 11.0 Å². The van der Waals surface area contributed by atoms with Gasteiger partial charge in [-0.2, -0.15) is 0 Å². The number of phenolic OH excluding ortho intramolecular Hbond substituents is 1. The number of benzene rings is 1. The largest absolute Gasteiger partial charge is 0.508 e. The van der Waals surface area contributed by atoms with E-state index in [1.165, 1.54) is 25.7 Å². The standard InChI is InChI=1S/C18H25NO2/c1-2-15(12-5-3-4-6-12)16-11-14(9-10-17(16)20)19-18(21)13-7-8-13/h9-13,15,20H,2-8H2,1H3,(H,19,21). The van der Waals surface area contributed by atoms with Crippen molar-refractivity contribution in [3.05, 3.63) is 23.8 Å². The lowest BCUT2D eigenvalue weighted by Crippen LogP contribution is -2.14. The molecule has 2 N–H and O–H groups in total. The van der Waals surface area contributed by atoms with E-state index in [-0.39, 0.29) is 11.8 Å². The van der Waals surface area contributed by atoms with Gasteiger partial charge in [0, 0.05) is 11.6 Å². The van der Waals surface area contributed by atoms with E-state index in [1.807, 2.05) is 6.07 Å². The first-order valence-corrected chi connectivity index (χ1v) is 8.32. The number of amides is 1. The van der Waals surface area contributed by atoms with E-state index in [0.717, 1.165) is 30.5 Å². The third-order valence-corrected chi connectivity index (χ3v) is 5.05. The smallest absolute Gasteiger partial charge is 0.227 e. The van der Waals surface area contributed by atoms with Crippen molar-refractivity contribution in [2.75, 3.05) is 5.32 Å². The molecule has 2 fully saturated rings. The van der Waals surface area contributed by atoms with Crippen LogP contribution in [0.4, 0.5) is 5.69 Å². The lowest BCUT2D eigenvalue weighted by Gasteiger charge is -2.24. The lowest BCUT2D eigenvalue weighted by molar-refractivity contribution is -0.117. The maximum atomic E-state index is 11.9. The molecule has 1 atom stereocenters. The number of carbonyl (C=O) groups excluding carboxylic acids is 1. The van der Waals surface area contributed by atoms with E-state index >= 15 is 0 Å². The summed E-state index contributed by atoms with van der Waals surface area (Å²) in [7, 11) is 0. The molecule has 0 aliphatic heterocycles. The van der Waals surface area contributed by atoms with Gasteiger partial charge < -0.3 is 10.4 Å². The molecule has 1 aromatic carbocycles. The van der Waals surface area contributed by atoms with Gasteiger partial charge in [-0.1, -0.05) is 19.8 Å². The molecule has 0 bridgehead atoms. The minimum atomic E-state index is 0.126. The quantitative estimate of drug-likeness (QED) is 0.787. The number of carbonyl (C=O) groups is 1. The Kier molecular flexibility index (Phi) is 4.18. The highest BCUT2D eigenvalue weighted by Gasteiger charge is 2.30. The number of rotatable bonds is 5. The molecule has 0 radical (unpaired) electrons. The SMILES string of the molecule is CCC(c1cc(NC(=O)C2CC2)ccc1O)C1CCCC1. The van der Waals surface area contributed by atoms with Gasteiger partial charge in [0.1, 0.15) is 5.75 Å². The molecule has 2 aliphatic carbocycles. The van der Waals surface area contributed by atoms with Crippen molar-refractivity contribution in [3.8, 4) is 5.75 Å². The molecular weight excluding hydrogens is 262 g/mol. The normalized spacial score (nSPS) is 20.4. The Balaban J connectivity index is 1.80. The Morgan fingerprint density at radius 2 is 2.00 bits per heavy atom. The van der Waals surface area contributed by atoms with Crippen LogP contribution in [0.5, 0.6) is 5.75 Å². The molecule has 3 rings (SSSR count). The van der Waals surface area contributed by atoms with E-state index in [1.54, 1.807) is 12.1 Å². The zero-order valence-electron chi connectivity index (χ0n) is 12.8. The van der Waals surface area contributed by atoms with Crippen molar-refractivity contribution in [1.29, 1.82) is 0 Å². The van der Waals surface area contributed by atoms with Crippen LogP contribution in [0.25, 0.3) is 0 Å². The highest BCUT2D eigenvalue weighted by molar-refractivity contribution is 5.94. The number of hydrogen-bond donors (Lipinski definition) is 2. The van der Waals surface area contributed by atoms with Gasteiger partial charge in [0.05, 0.1) is 0 Å². The predicted octanol–water partition coefficient (Wildman–Crippen LogP) is 4.42. The van der Waals surface area contributed by atoms with Crippen LogP contribution < -0.4 is 5.32 Å².